The van der Waals surface area contributed by atoms with E-state index in [0.717, 1.165) is 77.0 Å². The standard InChI is InChI=1S/C27H48O6/c1-6-10-22(27(4,5)25(30)31)23-17-16-21(33-23)13-9-12-20-15-14-19(32-20)11-7-8-18-26(2,3)24(28)29/h19-23H,6-18H2,1-5H3,(H,28,29)(H,30,31). The smallest absolute Gasteiger partial charge is 0.309 e. The molecule has 0 radical (unpaired) electrons. The number of rotatable bonds is 15. The fraction of sp³-hybridized carbons (Fsp3) is 0.926. The number of aliphatic carboxylic acids is 2. The van der Waals surface area contributed by atoms with Gasteiger partial charge in [-0.2, -0.15) is 0 Å². The first-order chi connectivity index (χ1) is 15.5. The van der Waals surface area contributed by atoms with Crippen molar-refractivity contribution in [2.75, 3.05) is 0 Å². The Balaban J connectivity index is 1.64. The molecule has 6 heteroatoms. The molecule has 5 unspecified atom stereocenters. The quantitative estimate of drug-likeness (QED) is 0.268. The minimum absolute atomic E-state index is 0.0549. The summed E-state index contributed by atoms with van der Waals surface area (Å²) in [5.41, 5.74) is -1.40. The summed E-state index contributed by atoms with van der Waals surface area (Å²) < 4.78 is 12.6. The number of ether oxygens (including phenoxy) is 2. The molecular formula is C27H48O6. The summed E-state index contributed by atoms with van der Waals surface area (Å²) in [5, 5.41) is 18.9. The summed E-state index contributed by atoms with van der Waals surface area (Å²) in [5.74, 6) is -1.39. The van der Waals surface area contributed by atoms with Crippen molar-refractivity contribution in [3.8, 4) is 0 Å². The minimum atomic E-state index is -0.758. The molecule has 2 aliphatic heterocycles. The van der Waals surface area contributed by atoms with Crippen LogP contribution in [0.1, 0.15) is 118 Å². The van der Waals surface area contributed by atoms with Crippen LogP contribution in [0.15, 0.2) is 0 Å². The third kappa shape index (κ3) is 8.24. The lowest BCUT2D eigenvalue weighted by molar-refractivity contribution is -0.154. The number of carboxylic acid groups (broad SMARTS) is 2. The van der Waals surface area contributed by atoms with Gasteiger partial charge in [-0.25, -0.2) is 0 Å². The van der Waals surface area contributed by atoms with E-state index in [2.05, 4.69) is 6.92 Å². The summed E-state index contributed by atoms with van der Waals surface area (Å²) in [6, 6.07) is 0. The van der Waals surface area contributed by atoms with Gasteiger partial charge in [0.1, 0.15) is 0 Å². The fourth-order valence-corrected chi connectivity index (χ4v) is 5.55. The van der Waals surface area contributed by atoms with Gasteiger partial charge in [0.05, 0.1) is 35.2 Å². The molecule has 0 spiro atoms. The average molecular weight is 469 g/mol. The van der Waals surface area contributed by atoms with E-state index in [-0.39, 0.29) is 18.1 Å². The van der Waals surface area contributed by atoms with Crippen LogP contribution in [0, 0.1) is 16.7 Å². The van der Waals surface area contributed by atoms with Crippen molar-refractivity contribution in [1.82, 2.24) is 0 Å². The lowest BCUT2D eigenvalue weighted by Crippen LogP contribution is -2.40. The molecular weight excluding hydrogens is 420 g/mol. The maximum absolute atomic E-state index is 11.8. The Morgan fingerprint density at radius 1 is 0.818 bits per heavy atom. The molecule has 192 valence electrons. The van der Waals surface area contributed by atoms with E-state index in [9.17, 15) is 19.8 Å². The van der Waals surface area contributed by atoms with E-state index in [4.69, 9.17) is 9.47 Å². The molecule has 0 aromatic carbocycles. The highest BCUT2D eigenvalue weighted by Gasteiger charge is 2.44. The van der Waals surface area contributed by atoms with Crippen LogP contribution in [0.3, 0.4) is 0 Å². The van der Waals surface area contributed by atoms with Crippen LogP contribution in [0.4, 0.5) is 0 Å². The second-order valence-corrected chi connectivity index (χ2v) is 11.6. The van der Waals surface area contributed by atoms with Crippen LogP contribution >= 0.6 is 0 Å². The van der Waals surface area contributed by atoms with Gasteiger partial charge in [-0.3, -0.25) is 9.59 Å². The second kappa shape index (κ2) is 12.5. The zero-order chi connectivity index (χ0) is 24.6. The Kier molecular flexibility index (Phi) is 10.7. The molecule has 0 aromatic rings. The largest absolute Gasteiger partial charge is 0.481 e. The SMILES string of the molecule is CCCC(C1CCC(CCCC2CCC(CCCCC(C)(C)C(=O)O)O2)O1)C(C)(C)C(=O)O. The van der Waals surface area contributed by atoms with Crippen molar-refractivity contribution in [2.24, 2.45) is 16.7 Å². The van der Waals surface area contributed by atoms with Crippen molar-refractivity contribution in [3.63, 3.8) is 0 Å². The van der Waals surface area contributed by atoms with Gasteiger partial charge in [0, 0.05) is 5.92 Å². The van der Waals surface area contributed by atoms with E-state index in [1.807, 2.05) is 13.8 Å². The first-order valence-electron chi connectivity index (χ1n) is 13.2. The molecule has 0 saturated carbocycles. The van der Waals surface area contributed by atoms with Crippen LogP contribution in [0.25, 0.3) is 0 Å². The Morgan fingerprint density at radius 2 is 1.36 bits per heavy atom. The minimum Gasteiger partial charge on any atom is -0.481 e. The molecule has 0 bridgehead atoms. The summed E-state index contributed by atoms with van der Waals surface area (Å²) >= 11 is 0. The van der Waals surface area contributed by atoms with Gasteiger partial charge in [0.2, 0.25) is 0 Å². The van der Waals surface area contributed by atoms with Crippen LogP contribution in [-0.4, -0.2) is 46.6 Å². The summed E-state index contributed by atoms with van der Waals surface area (Å²) in [6.07, 6.45) is 13.9. The number of unbranched alkanes of at least 4 members (excludes halogenated alkanes) is 1. The maximum Gasteiger partial charge on any atom is 0.309 e. The fourth-order valence-electron chi connectivity index (χ4n) is 5.55. The maximum atomic E-state index is 11.8. The monoisotopic (exact) mass is 468 g/mol. The van der Waals surface area contributed by atoms with Gasteiger partial charge in [-0.15, -0.1) is 0 Å². The first kappa shape index (κ1) is 28.1. The van der Waals surface area contributed by atoms with Crippen molar-refractivity contribution >= 4 is 11.9 Å². The molecule has 2 N–H and O–H groups in total. The molecule has 2 fully saturated rings. The Morgan fingerprint density at radius 3 is 1.91 bits per heavy atom. The second-order valence-electron chi connectivity index (χ2n) is 11.6. The predicted octanol–water partition coefficient (Wildman–Crippen LogP) is 6.45. The van der Waals surface area contributed by atoms with E-state index in [0.29, 0.717) is 18.6 Å². The van der Waals surface area contributed by atoms with E-state index in [1.54, 1.807) is 13.8 Å². The zero-order valence-corrected chi connectivity index (χ0v) is 21.6. The normalized spacial score (nSPS) is 27.1. The molecule has 0 aliphatic carbocycles. The summed E-state index contributed by atoms with van der Waals surface area (Å²) in [7, 11) is 0. The summed E-state index contributed by atoms with van der Waals surface area (Å²) in [4.78, 5) is 23.0. The Bertz CT molecular complexity index is 628. The van der Waals surface area contributed by atoms with Crippen LogP contribution in [0.5, 0.6) is 0 Å². The van der Waals surface area contributed by atoms with Crippen molar-refractivity contribution in [1.29, 1.82) is 0 Å². The lowest BCUT2D eigenvalue weighted by atomic mass is 9.73. The number of carboxylic acids is 2. The molecule has 5 atom stereocenters. The van der Waals surface area contributed by atoms with E-state index in [1.165, 1.54) is 0 Å². The average Bonchev–Trinajstić information content (AvgIpc) is 3.39. The lowest BCUT2D eigenvalue weighted by Gasteiger charge is -2.34. The van der Waals surface area contributed by atoms with E-state index >= 15 is 0 Å². The molecule has 2 rings (SSSR count). The highest BCUT2D eigenvalue weighted by molar-refractivity contribution is 5.74. The van der Waals surface area contributed by atoms with Crippen molar-refractivity contribution in [3.05, 3.63) is 0 Å². The zero-order valence-electron chi connectivity index (χ0n) is 21.6. The van der Waals surface area contributed by atoms with E-state index < -0.39 is 22.8 Å². The number of hydrogen-bond donors (Lipinski definition) is 2. The van der Waals surface area contributed by atoms with Crippen molar-refractivity contribution < 1.29 is 29.3 Å². The predicted molar refractivity (Wildman–Crippen MR) is 129 cm³/mol. The Hall–Kier alpha value is -1.14. The van der Waals surface area contributed by atoms with Gasteiger partial charge < -0.3 is 19.7 Å². The molecule has 33 heavy (non-hydrogen) atoms. The number of hydrogen-bond acceptors (Lipinski definition) is 4. The van der Waals surface area contributed by atoms with Gasteiger partial charge >= 0.3 is 11.9 Å². The van der Waals surface area contributed by atoms with Crippen LogP contribution in [0.2, 0.25) is 0 Å². The first-order valence-corrected chi connectivity index (χ1v) is 13.2. The third-order valence-corrected chi connectivity index (χ3v) is 8.07. The van der Waals surface area contributed by atoms with Gasteiger partial charge in [-0.1, -0.05) is 26.2 Å². The topological polar surface area (TPSA) is 93.1 Å². The van der Waals surface area contributed by atoms with Gasteiger partial charge in [0.25, 0.3) is 0 Å². The van der Waals surface area contributed by atoms with Crippen molar-refractivity contribution in [2.45, 2.75) is 143 Å². The molecule has 0 amide bonds. The van der Waals surface area contributed by atoms with Gasteiger partial charge in [-0.05, 0) is 91.9 Å². The highest BCUT2D eigenvalue weighted by Crippen LogP contribution is 2.41. The molecule has 0 aromatic heterocycles. The number of carbonyl (C=O) groups is 2. The van der Waals surface area contributed by atoms with Crippen LogP contribution < -0.4 is 0 Å². The highest BCUT2D eigenvalue weighted by atomic mass is 16.5. The van der Waals surface area contributed by atoms with Gasteiger partial charge in [0.15, 0.2) is 0 Å². The molecule has 6 nitrogen and oxygen atoms in total. The third-order valence-electron chi connectivity index (χ3n) is 8.07. The Labute approximate surface area is 200 Å². The molecule has 2 heterocycles. The summed E-state index contributed by atoms with van der Waals surface area (Å²) in [6.45, 7) is 9.39. The van der Waals surface area contributed by atoms with Crippen LogP contribution in [-0.2, 0) is 19.1 Å². The molecule has 2 saturated heterocycles. The molecule has 2 aliphatic rings.